The van der Waals surface area contributed by atoms with E-state index in [0.717, 1.165) is 28.8 Å². The molecule has 10 rings (SSSR count). The van der Waals surface area contributed by atoms with Crippen molar-refractivity contribution in [2.75, 3.05) is 0 Å². The van der Waals surface area contributed by atoms with Crippen molar-refractivity contribution in [3.63, 3.8) is 0 Å². The molecule has 1 heterocycles. The van der Waals surface area contributed by atoms with Crippen molar-refractivity contribution in [3.8, 4) is 22.5 Å². The van der Waals surface area contributed by atoms with Gasteiger partial charge in [-0.3, -0.25) is 0 Å². The van der Waals surface area contributed by atoms with Gasteiger partial charge >= 0.3 is 0 Å². The summed E-state index contributed by atoms with van der Waals surface area (Å²) in [4.78, 5) is 5.33. The number of rotatable bonds is 7. The van der Waals surface area contributed by atoms with Crippen LogP contribution in [-0.4, -0.2) is 11.7 Å². The van der Waals surface area contributed by atoms with Gasteiger partial charge in [-0.05, 0) is 132 Å². The zero-order valence-electron chi connectivity index (χ0n) is 32.5. The Bertz CT molecular complexity index is 2220. The zero-order chi connectivity index (χ0) is 36.5. The lowest BCUT2D eigenvalue weighted by Gasteiger charge is -2.62. The second-order valence-corrected chi connectivity index (χ2v) is 17.6. The summed E-state index contributed by atoms with van der Waals surface area (Å²) in [7, 11) is 0. The van der Waals surface area contributed by atoms with Gasteiger partial charge in [0.1, 0.15) is 0 Å². The molecule has 0 amide bonds. The summed E-state index contributed by atoms with van der Waals surface area (Å²) in [5.41, 5.74) is 20.4. The standard InChI is InChI=1S/C51H52BN/c1-33-22-35(3)48(36(4)23-33)52(49-37(5)24-34(2)25-38(49)6)45-15-10-12-42(27-45)47-17-11-16-46(53-47)41-18-20-44(21-19-41)51-30-39-26-40(31-51)29-50(28-39,32-51)43-13-8-7-9-14-43/h7-25,27,39-40H,26,28-32H2,1-6H3. The highest BCUT2D eigenvalue weighted by Crippen LogP contribution is 2.66. The third kappa shape index (κ3) is 5.99. The van der Waals surface area contributed by atoms with E-state index < -0.39 is 0 Å². The van der Waals surface area contributed by atoms with Crippen LogP contribution in [0.4, 0.5) is 0 Å². The summed E-state index contributed by atoms with van der Waals surface area (Å²) in [6, 6.07) is 46.2. The van der Waals surface area contributed by atoms with Crippen LogP contribution in [0.3, 0.4) is 0 Å². The van der Waals surface area contributed by atoms with Gasteiger partial charge in [-0.1, -0.05) is 159 Å². The second kappa shape index (κ2) is 13.0. The van der Waals surface area contributed by atoms with Crippen molar-refractivity contribution >= 4 is 23.1 Å². The normalized spacial score (nSPS) is 23.0. The van der Waals surface area contributed by atoms with E-state index in [2.05, 4.69) is 163 Å². The van der Waals surface area contributed by atoms with Crippen LogP contribution in [0.1, 0.15) is 83.0 Å². The van der Waals surface area contributed by atoms with Crippen molar-refractivity contribution in [1.29, 1.82) is 0 Å². The molecule has 53 heavy (non-hydrogen) atoms. The van der Waals surface area contributed by atoms with Crippen LogP contribution >= 0.6 is 0 Å². The fourth-order valence-electron chi connectivity index (χ4n) is 12.1. The molecule has 264 valence electrons. The SMILES string of the molecule is Cc1cc(C)c(B(c2cccc(-c3cccc(-c4ccc(C56CC7CC(CC(c8ccccc8)(C7)C5)C6)cc4)n3)c2)c2c(C)cc(C)cc2C)c(C)c1. The summed E-state index contributed by atoms with van der Waals surface area (Å²) >= 11 is 0. The second-order valence-electron chi connectivity index (χ2n) is 17.6. The first-order valence-corrected chi connectivity index (χ1v) is 20.0. The van der Waals surface area contributed by atoms with Gasteiger partial charge in [0.25, 0.3) is 0 Å². The highest BCUT2D eigenvalue weighted by atomic mass is 14.7. The fourth-order valence-corrected chi connectivity index (χ4v) is 12.1. The Morgan fingerprint density at radius 1 is 0.491 bits per heavy atom. The molecule has 2 atom stereocenters. The molecular formula is C51H52BN. The van der Waals surface area contributed by atoms with Crippen molar-refractivity contribution in [3.05, 3.63) is 166 Å². The van der Waals surface area contributed by atoms with Crippen LogP contribution in [0.5, 0.6) is 0 Å². The molecule has 0 radical (unpaired) electrons. The number of hydrogen-bond donors (Lipinski definition) is 0. The molecule has 0 N–H and O–H groups in total. The number of aromatic nitrogens is 1. The van der Waals surface area contributed by atoms with Gasteiger partial charge in [0.15, 0.2) is 0 Å². The molecule has 2 heteroatoms. The molecule has 0 aliphatic heterocycles. The maximum atomic E-state index is 5.33. The van der Waals surface area contributed by atoms with E-state index in [1.165, 1.54) is 93.9 Å². The quantitative estimate of drug-likeness (QED) is 0.152. The van der Waals surface area contributed by atoms with Crippen LogP contribution in [0.2, 0.25) is 0 Å². The molecule has 4 saturated carbocycles. The van der Waals surface area contributed by atoms with E-state index in [1.807, 2.05) is 0 Å². The van der Waals surface area contributed by atoms with E-state index >= 15 is 0 Å². The van der Waals surface area contributed by atoms with E-state index in [1.54, 1.807) is 11.1 Å². The van der Waals surface area contributed by atoms with Crippen LogP contribution < -0.4 is 16.4 Å². The zero-order valence-corrected chi connectivity index (χ0v) is 32.5. The van der Waals surface area contributed by atoms with Gasteiger partial charge in [0.2, 0.25) is 6.71 Å². The van der Waals surface area contributed by atoms with Gasteiger partial charge in [-0.15, -0.1) is 0 Å². The Kier molecular flexibility index (Phi) is 8.37. The molecule has 4 aliphatic carbocycles. The van der Waals surface area contributed by atoms with Crippen LogP contribution in [0.25, 0.3) is 22.5 Å². The topological polar surface area (TPSA) is 12.9 Å². The number of hydrogen-bond acceptors (Lipinski definition) is 1. The molecule has 4 aliphatic rings. The predicted molar refractivity (Wildman–Crippen MR) is 226 cm³/mol. The van der Waals surface area contributed by atoms with Crippen molar-refractivity contribution < 1.29 is 0 Å². The monoisotopic (exact) mass is 689 g/mol. The predicted octanol–water partition coefficient (Wildman–Crippen LogP) is 10.6. The van der Waals surface area contributed by atoms with Crippen molar-refractivity contribution in [1.82, 2.24) is 4.98 Å². The van der Waals surface area contributed by atoms with E-state index in [9.17, 15) is 0 Å². The van der Waals surface area contributed by atoms with E-state index in [-0.39, 0.29) is 6.71 Å². The van der Waals surface area contributed by atoms with Crippen LogP contribution in [0, 0.1) is 53.4 Å². The molecule has 1 aromatic heterocycles. The Labute approximate surface area is 318 Å². The number of aryl methyl sites for hydroxylation is 6. The summed E-state index contributed by atoms with van der Waals surface area (Å²) < 4.78 is 0. The van der Waals surface area contributed by atoms with E-state index in [4.69, 9.17) is 4.98 Å². The van der Waals surface area contributed by atoms with Gasteiger partial charge in [0.05, 0.1) is 11.4 Å². The van der Waals surface area contributed by atoms with Crippen molar-refractivity contribution in [2.45, 2.75) is 90.9 Å². The minimum Gasteiger partial charge on any atom is -0.248 e. The minimum atomic E-state index is 0.137. The lowest BCUT2D eigenvalue weighted by molar-refractivity contribution is -0.0281. The summed E-state index contributed by atoms with van der Waals surface area (Å²) in [5.74, 6) is 1.70. The van der Waals surface area contributed by atoms with E-state index in [0.29, 0.717) is 10.8 Å². The van der Waals surface area contributed by atoms with Gasteiger partial charge in [-0.2, -0.15) is 0 Å². The number of benzene rings is 5. The van der Waals surface area contributed by atoms with Gasteiger partial charge < -0.3 is 0 Å². The molecule has 6 aromatic rings. The summed E-state index contributed by atoms with van der Waals surface area (Å²) in [5, 5.41) is 0. The highest BCUT2D eigenvalue weighted by Gasteiger charge is 2.58. The van der Waals surface area contributed by atoms with Crippen molar-refractivity contribution in [2.24, 2.45) is 11.8 Å². The molecule has 1 nitrogen and oxygen atoms in total. The summed E-state index contributed by atoms with van der Waals surface area (Å²) in [6.07, 6.45) is 8.19. The summed E-state index contributed by atoms with van der Waals surface area (Å²) in [6.45, 7) is 13.7. The average molecular weight is 690 g/mol. The Morgan fingerprint density at radius 2 is 0.981 bits per heavy atom. The molecule has 4 fully saturated rings. The largest absolute Gasteiger partial charge is 0.248 e. The Balaban J connectivity index is 1.05. The first-order valence-electron chi connectivity index (χ1n) is 20.0. The molecule has 0 saturated heterocycles. The molecular weight excluding hydrogens is 637 g/mol. The average Bonchev–Trinajstić information content (AvgIpc) is 3.13. The minimum absolute atomic E-state index is 0.137. The molecule has 2 unspecified atom stereocenters. The van der Waals surface area contributed by atoms with Crippen LogP contribution in [-0.2, 0) is 10.8 Å². The smallest absolute Gasteiger partial charge is 0.242 e. The van der Waals surface area contributed by atoms with Gasteiger partial charge in [-0.25, -0.2) is 4.98 Å². The lowest BCUT2D eigenvalue weighted by Crippen LogP contribution is -2.55. The maximum Gasteiger partial charge on any atom is 0.242 e. The third-order valence-corrected chi connectivity index (χ3v) is 13.6. The Hall–Kier alpha value is -4.69. The first kappa shape index (κ1) is 34.1. The fraction of sp³-hybridized carbons (Fsp3) is 0.314. The first-order chi connectivity index (χ1) is 25.6. The third-order valence-electron chi connectivity index (χ3n) is 13.6. The Morgan fingerprint density at radius 3 is 1.53 bits per heavy atom. The number of nitrogens with zero attached hydrogens (tertiary/aromatic N) is 1. The number of pyridine rings is 1. The molecule has 4 bridgehead atoms. The van der Waals surface area contributed by atoms with Crippen LogP contribution in [0.15, 0.2) is 121 Å². The maximum absolute atomic E-state index is 5.33. The highest BCUT2D eigenvalue weighted by molar-refractivity contribution is 6.96. The molecule has 5 aromatic carbocycles. The molecule has 0 spiro atoms. The van der Waals surface area contributed by atoms with Gasteiger partial charge in [0, 0.05) is 5.56 Å². The lowest BCUT2D eigenvalue weighted by atomic mass is 9.34.